The van der Waals surface area contributed by atoms with E-state index in [0.717, 1.165) is 31.0 Å². The van der Waals surface area contributed by atoms with Crippen LogP contribution in [0.4, 0.5) is 5.69 Å². The van der Waals surface area contributed by atoms with Gasteiger partial charge in [0.15, 0.2) is 11.5 Å². The van der Waals surface area contributed by atoms with Crippen LogP contribution in [-0.4, -0.2) is 126 Å². The summed E-state index contributed by atoms with van der Waals surface area (Å²) in [4.78, 5) is 102. The molecule has 0 radical (unpaired) electrons. The molecule has 2 aromatic carbocycles. The van der Waals surface area contributed by atoms with Crippen molar-refractivity contribution in [2.75, 3.05) is 47.0 Å². The fraction of sp³-hybridized carbons (Fsp3) is 0.549. The summed E-state index contributed by atoms with van der Waals surface area (Å²) in [7, 11) is 3.23. The number of amides is 4. The standard InChI is InChI=1S/C51H69N7O12S/c1-8-33(4)47(55-49(62)40-18-12-13-21-56(40)6)50(63)57-29-44(59)52-28-46(60)70-30-36-26-42(67-7)43(27-41(36)58(65)66)68-22-14-15-23-69-51(64)34(5)24-37(25-35-16-10-9-11-17-35)53-48(61)38-31-71-45(54-38)20-19-39(57)32(2)3/h9-11,14-17,26-27,31-34,37,39-40,47H,8,12-13,18-25,28-30H2,1-7H3,(H,52,59)(H,53,61)(H,55,62)/b15-14-/t33-,34-,37+,39+,40-,47-/m0/s1. The Balaban J connectivity index is 1.46. The van der Waals surface area contributed by atoms with Crippen LogP contribution >= 0.6 is 11.3 Å². The highest BCUT2D eigenvalue weighted by Crippen LogP contribution is 2.35. The number of nitro benzene ring substituents is 1. The number of benzene rings is 2. The van der Waals surface area contributed by atoms with E-state index in [-0.39, 0.29) is 60.1 Å². The Hall–Kier alpha value is -6.41. The Morgan fingerprint density at radius 3 is 2.44 bits per heavy atom. The number of hydrogen-bond acceptors (Lipinski definition) is 15. The van der Waals surface area contributed by atoms with Gasteiger partial charge in [-0.05, 0) is 81.3 Å². The summed E-state index contributed by atoms with van der Waals surface area (Å²) in [6.07, 6.45) is 7.54. The number of aryl methyl sites for hydroxylation is 1. The average molecular weight is 1000 g/mol. The SMILES string of the molecule is CC[C@H](C)[C@H](NC(=O)[C@@H]1CCCCN1C)C(=O)N1CC(=O)NCC(=O)OCc2cc(OC)c(cc2[N+](=O)[O-])OC/C=C\COC(=O)[C@@H](C)C[C@H](Cc2ccccc2)NC(=O)c2csc(n2)CC[C@@H]1C(C)C. The maximum atomic E-state index is 15.0. The topological polar surface area (TPSA) is 238 Å². The number of esters is 2. The molecule has 3 aliphatic rings. The number of rotatable bonds is 10. The van der Waals surface area contributed by atoms with Crippen molar-refractivity contribution >= 4 is 52.6 Å². The largest absolute Gasteiger partial charge is 0.493 e. The van der Waals surface area contributed by atoms with Gasteiger partial charge in [-0.25, -0.2) is 4.98 Å². The van der Waals surface area contributed by atoms with Gasteiger partial charge in [0.05, 0.1) is 47.2 Å². The van der Waals surface area contributed by atoms with Gasteiger partial charge in [0, 0.05) is 23.9 Å². The number of aromatic nitrogens is 1. The van der Waals surface area contributed by atoms with Gasteiger partial charge < -0.3 is 39.8 Å². The first kappa shape index (κ1) is 55.5. The molecular formula is C51H69N7O12S. The number of nitro groups is 1. The van der Waals surface area contributed by atoms with Crippen molar-refractivity contribution in [1.29, 1.82) is 0 Å². The summed E-state index contributed by atoms with van der Waals surface area (Å²) >= 11 is 1.29. The predicted molar refractivity (Wildman–Crippen MR) is 266 cm³/mol. The second-order valence-corrected chi connectivity index (χ2v) is 19.5. The van der Waals surface area contributed by atoms with Crippen molar-refractivity contribution in [3.8, 4) is 11.5 Å². The lowest BCUT2D eigenvalue weighted by Gasteiger charge is -2.39. The van der Waals surface area contributed by atoms with Gasteiger partial charge in [0.1, 0.15) is 38.1 Å². The van der Waals surface area contributed by atoms with E-state index in [4.69, 9.17) is 18.9 Å². The number of likely N-dealkylation sites (N-methyl/N-ethyl adjacent to an activating group) is 1. The molecule has 6 atom stereocenters. The number of nitrogens with one attached hydrogen (secondary N) is 3. The third-order valence-electron chi connectivity index (χ3n) is 13.0. The first-order valence-corrected chi connectivity index (χ1v) is 25.2. The van der Waals surface area contributed by atoms with Gasteiger partial charge in [-0.15, -0.1) is 11.3 Å². The maximum Gasteiger partial charge on any atom is 0.325 e. The number of likely N-dealkylation sites (tertiary alicyclic amines) is 1. The molecule has 1 saturated heterocycles. The number of methoxy groups -OCH3 is 1. The molecule has 0 aliphatic carbocycles. The van der Waals surface area contributed by atoms with Crippen molar-refractivity contribution < 1.29 is 52.6 Å². The van der Waals surface area contributed by atoms with Crippen molar-refractivity contribution in [2.45, 2.75) is 117 Å². The Morgan fingerprint density at radius 1 is 1.03 bits per heavy atom. The highest BCUT2D eigenvalue weighted by atomic mass is 32.1. The van der Waals surface area contributed by atoms with E-state index in [1.54, 1.807) is 24.5 Å². The molecule has 0 saturated carbocycles. The van der Waals surface area contributed by atoms with Gasteiger partial charge >= 0.3 is 11.9 Å². The highest BCUT2D eigenvalue weighted by molar-refractivity contribution is 7.09. The molecule has 0 unspecified atom stereocenters. The molecule has 3 aromatic rings. The van der Waals surface area contributed by atoms with Crippen LogP contribution in [0.2, 0.25) is 0 Å². The lowest BCUT2D eigenvalue weighted by molar-refractivity contribution is -0.385. The molecule has 4 amide bonds. The summed E-state index contributed by atoms with van der Waals surface area (Å²) in [5.41, 5.74) is 0.743. The van der Waals surface area contributed by atoms with E-state index >= 15 is 0 Å². The third kappa shape index (κ3) is 16.3. The monoisotopic (exact) mass is 1000 g/mol. The van der Waals surface area contributed by atoms with E-state index < -0.39 is 90.1 Å². The second-order valence-electron chi connectivity index (χ2n) is 18.5. The number of fused-ring (bicyclic) bond motifs is 22. The third-order valence-corrected chi connectivity index (χ3v) is 13.9. The van der Waals surface area contributed by atoms with Crippen LogP contribution in [0, 0.1) is 27.9 Å². The zero-order valence-electron chi connectivity index (χ0n) is 41.8. The van der Waals surface area contributed by atoms with Crippen molar-refractivity contribution in [2.24, 2.45) is 17.8 Å². The highest BCUT2D eigenvalue weighted by Gasteiger charge is 2.38. The zero-order chi connectivity index (χ0) is 51.6. The molecule has 3 aliphatic heterocycles. The fourth-order valence-corrected chi connectivity index (χ4v) is 9.48. The lowest BCUT2D eigenvalue weighted by Crippen LogP contribution is -2.60. The van der Waals surface area contributed by atoms with Crippen molar-refractivity contribution in [3.63, 3.8) is 0 Å². The van der Waals surface area contributed by atoms with Crippen molar-refractivity contribution in [1.82, 2.24) is 30.7 Å². The molecule has 20 heteroatoms. The van der Waals surface area contributed by atoms with E-state index in [9.17, 15) is 38.9 Å². The Kier molecular flexibility index (Phi) is 21.3. The Bertz CT molecular complexity index is 2340. The van der Waals surface area contributed by atoms with Crippen molar-refractivity contribution in [3.05, 3.63) is 91.9 Å². The molecule has 6 rings (SSSR count). The summed E-state index contributed by atoms with van der Waals surface area (Å²) in [6.45, 7) is 8.35. The maximum absolute atomic E-state index is 15.0. The van der Waals surface area contributed by atoms with E-state index in [2.05, 4.69) is 20.9 Å². The first-order valence-electron chi connectivity index (χ1n) is 24.3. The molecule has 1 aromatic heterocycles. The number of carbonyl (C=O) groups is 6. The summed E-state index contributed by atoms with van der Waals surface area (Å²) in [5, 5.41) is 23.1. The molecule has 0 spiro atoms. The number of ether oxygens (including phenoxy) is 4. The summed E-state index contributed by atoms with van der Waals surface area (Å²) in [6, 6.07) is 9.61. The smallest absolute Gasteiger partial charge is 0.325 e. The number of nitrogens with zero attached hydrogens (tertiary/aromatic N) is 4. The molecule has 4 bridgehead atoms. The fourth-order valence-electron chi connectivity index (χ4n) is 8.69. The quantitative estimate of drug-likeness (QED) is 0.0740. The van der Waals surface area contributed by atoms with E-state index in [1.165, 1.54) is 29.4 Å². The minimum Gasteiger partial charge on any atom is -0.493 e. The Morgan fingerprint density at radius 2 is 1.76 bits per heavy atom. The minimum absolute atomic E-state index is 0.00198. The van der Waals surface area contributed by atoms with Gasteiger partial charge in [-0.3, -0.25) is 43.8 Å². The molecular weight excluding hydrogens is 935 g/mol. The molecule has 386 valence electrons. The molecule has 4 heterocycles. The second kappa shape index (κ2) is 27.3. The number of carbonyl (C=O) groups excluding carboxylic acids is 6. The van der Waals surface area contributed by atoms with E-state index in [0.29, 0.717) is 37.1 Å². The number of hydrogen-bond donors (Lipinski definition) is 3. The van der Waals surface area contributed by atoms with Crippen LogP contribution in [0.1, 0.15) is 99.8 Å². The minimum atomic E-state index is -0.978. The first-order chi connectivity index (χ1) is 34.0. The van der Waals surface area contributed by atoms with E-state index in [1.807, 2.05) is 70.0 Å². The van der Waals surface area contributed by atoms with Crippen LogP contribution in [0.25, 0.3) is 0 Å². The van der Waals surface area contributed by atoms with Crippen LogP contribution in [-0.2, 0) is 52.9 Å². The molecule has 19 nitrogen and oxygen atoms in total. The predicted octanol–water partition coefficient (Wildman–Crippen LogP) is 5.58. The van der Waals surface area contributed by atoms with Crippen LogP contribution in [0.5, 0.6) is 11.5 Å². The van der Waals surface area contributed by atoms with Crippen LogP contribution in [0.15, 0.2) is 60.0 Å². The molecule has 1 fully saturated rings. The number of thiazole rings is 1. The van der Waals surface area contributed by atoms with Gasteiger partial charge in [0.25, 0.3) is 11.6 Å². The summed E-state index contributed by atoms with van der Waals surface area (Å²) in [5.74, 6) is -4.17. The van der Waals surface area contributed by atoms with Crippen LogP contribution < -0.4 is 25.4 Å². The zero-order valence-corrected chi connectivity index (χ0v) is 42.6. The van der Waals surface area contributed by atoms with Crippen LogP contribution in [0.3, 0.4) is 0 Å². The lowest BCUT2D eigenvalue weighted by atomic mass is 9.92. The van der Waals surface area contributed by atoms with Gasteiger partial charge in [-0.2, -0.15) is 0 Å². The van der Waals surface area contributed by atoms with Gasteiger partial charge in [0.2, 0.25) is 17.7 Å². The normalized spacial score (nSPS) is 22.1. The number of piperidine rings is 1. The average Bonchev–Trinajstić information content (AvgIpc) is 3.83. The van der Waals surface area contributed by atoms with Gasteiger partial charge in [-0.1, -0.05) is 77.8 Å². The molecule has 3 N–H and O–H groups in total. The molecule has 71 heavy (non-hydrogen) atoms. The summed E-state index contributed by atoms with van der Waals surface area (Å²) < 4.78 is 22.1. The Labute approximate surface area is 419 Å².